The molecule has 190 valence electrons. The fourth-order valence-electron chi connectivity index (χ4n) is 4.56. The summed E-state index contributed by atoms with van der Waals surface area (Å²) in [5, 5.41) is 13.7. The lowest BCUT2D eigenvalue weighted by Gasteiger charge is -2.40. The van der Waals surface area contributed by atoms with Crippen molar-refractivity contribution in [1.82, 2.24) is 15.1 Å². The molecule has 1 aliphatic heterocycles. The van der Waals surface area contributed by atoms with Gasteiger partial charge in [-0.15, -0.1) is 10.2 Å². The molecule has 0 bridgehead atoms. The van der Waals surface area contributed by atoms with Gasteiger partial charge in [0.2, 0.25) is 0 Å². The van der Waals surface area contributed by atoms with Gasteiger partial charge in [-0.3, -0.25) is 0 Å². The van der Waals surface area contributed by atoms with Crippen molar-refractivity contribution < 1.29 is 18.0 Å². The van der Waals surface area contributed by atoms with Crippen LogP contribution in [0.4, 0.5) is 35.2 Å². The minimum absolute atomic E-state index is 0.0628. The van der Waals surface area contributed by atoms with E-state index in [1.165, 1.54) is 12.1 Å². The van der Waals surface area contributed by atoms with Crippen LogP contribution in [0, 0.1) is 0 Å². The van der Waals surface area contributed by atoms with Gasteiger partial charge in [-0.2, -0.15) is 13.2 Å². The number of carbonyl (C=O) groups excluding carboxylic acids is 1. The highest BCUT2D eigenvalue weighted by molar-refractivity contribution is 6.00. The molecule has 37 heavy (non-hydrogen) atoms. The van der Waals surface area contributed by atoms with Crippen LogP contribution in [0.5, 0.6) is 0 Å². The SMILES string of the molecule is C[C@H]1CN(C(=O)Nc2ccc(C(F)(F)F)cc2)CCN1c1nnc(-c2ccc(N)cc2)c2ccccc12. The fraction of sp³-hybridized carbons (Fsp3) is 0.222. The number of nitrogen functional groups attached to an aromatic ring is 1. The van der Waals surface area contributed by atoms with Gasteiger partial charge in [0.1, 0.15) is 5.69 Å². The molecule has 1 aromatic heterocycles. The van der Waals surface area contributed by atoms with Crippen molar-refractivity contribution in [3.05, 3.63) is 78.4 Å². The van der Waals surface area contributed by atoms with E-state index in [2.05, 4.69) is 20.4 Å². The van der Waals surface area contributed by atoms with Gasteiger partial charge < -0.3 is 20.9 Å². The van der Waals surface area contributed by atoms with Gasteiger partial charge in [0.25, 0.3) is 0 Å². The van der Waals surface area contributed by atoms with E-state index in [0.717, 1.165) is 40.0 Å². The predicted molar refractivity (Wildman–Crippen MR) is 138 cm³/mol. The highest BCUT2D eigenvalue weighted by atomic mass is 19.4. The standard InChI is InChI=1S/C27H25F3N6O/c1-17-16-35(26(37)32-21-12-8-19(9-13-21)27(28,29)30)14-15-36(17)25-23-5-3-2-4-22(23)24(33-34-25)18-6-10-20(31)11-7-18/h2-13,17H,14-16,31H2,1H3,(H,32,37)/t17-/m0/s1. The summed E-state index contributed by atoms with van der Waals surface area (Å²) in [4.78, 5) is 16.6. The molecule has 2 heterocycles. The van der Waals surface area contributed by atoms with E-state index in [4.69, 9.17) is 5.73 Å². The van der Waals surface area contributed by atoms with Crippen LogP contribution in [-0.4, -0.2) is 46.8 Å². The van der Waals surface area contributed by atoms with Gasteiger partial charge in [0.15, 0.2) is 5.82 Å². The first-order valence-electron chi connectivity index (χ1n) is 11.8. The van der Waals surface area contributed by atoms with E-state index in [1.807, 2.05) is 55.5 Å². The number of urea groups is 1. The van der Waals surface area contributed by atoms with E-state index in [-0.39, 0.29) is 12.1 Å². The van der Waals surface area contributed by atoms with Gasteiger partial charge in [-0.25, -0.2) is 4.79 Å². The first-order chi connectivity index (χ1) is 17.7. The third-order valence-corrected chi connectivity index (χ3v) is 6.50. The second kappa shape index (κ2) is 9.61. The minimum atomic E-state index is -4.42. The molecule has 10 heteroatoms. The summed E-state index contributed by atoms with van der Waals surface area (Å²) in [5.41, 5.74) is 7.74. The molecule has 3 N–H and O–H groups in total. The van der Waals surface area contributed by atoms with Crippen molar-refractivity contribution in [2.75, 3.05) is 35.6 Å². The van der Waals surface area contributed by atoms with Crippen LogP contribution in [0.15, 0.2) is 72.8 Å². The van der Waals surface area contributed by atoms with Crippen molar-refractivity contribution in [2.24, 2.45) is 0 Å². The van der Waals surface area contributed by atoms with Crippen LogP contribution < -0.4 is 16.0 Å². The fourth-order valence-corrected chi connectivity index (χ4v) is 4.56. The molecule has 0 unspecified atom stereocenters. The number of alkyl halides is 3. The summed E-state index contributed by atoms with van der Waals surface area (Å²) in [6, 6.07) is 19.4. The number of nitrogens with one attached hydrogen (secondary N) is 1. The monoisotopic (exact) mass is 506 g/mol. The molecule has 0 aliphatic carbocycles. The van der Waals surface area contributed by atoms with E-state index in [1.54, 1.807) is 4.90 Å². The normalized spacial score (nSPS) is 16.2. The number of amides is 2. The number of carbonyl (C=O) groups is 1. The molecule has 1 atom stereocenters. The molecule has 5 rings (SSSR count). The van der Waals surface area contributed by atoms with Gasteiger partial charge in [0.05, 0.1) is 5.56 Å². The Bertz CT molecular complexity index is 1420. The van der Waals surface area contributed by atoms with Crippen LogP contribution in [0.2, 0.25) is 0 Å². The summed E-state index contributed by atoms with van der Waals surface area (Å²) in [6.07, 6.45) is -4.42. The molecule has 0 spiro atoms. The minimum Gasteiger partial charge on any atom is -0.399 e. The predicted octanol–water partition coefficient (Wildman–Crippen LogP) is 5.64. The maximum absolute atomic E-state index is 12.8. The Hall–Kier alpha value is -4.34. The van der Waals surface area contributed by atoms with Gasteiger partial charge in [-0.1, -0.05) is 36.4 Å². The zero-order chi connectivity index (χ0) is 26.2. The van der Waals surface area contributed by atoms with Crippen LogP contribution in [0.3, 0.4) is 0 Å². The Morgan fingerprint density at radius 3 is 2.27 bits per heavy atom. The van der Waals surface area contributed by atoms with Crippen molar-refractivity contribution in [3.63, 3.8) is 0 Å². The molecule has 4 aromatic rings. The number of halogens is 3. The van der Waals surface area contributed by atoms with Gasteiger partial charge in [0, 0.05) is 53.4 Å². The smallest absolute Gasteiger partial charge is 0.399 e. The zero-order valence-electron chi connectivity index (χ0n) is 20.0. The lowest BCUT2D eigenvalue weighted by Crippen LogP contribution is -2.55. The van der Waals surface area contributed by atoms with Crippen molar-refractivity contribution in [1.29, 1.82) is 0 Å². The summed E-state index contributed by atoms with van der Waals surface area (Å²) in [5.74, 6) is 0.741. The lowest BCUT2D eigenvalue weighted by molar-refractivity contribution is -0.137. The number of piperazine rings is 1. The second-order valence-electron chi connectivity index (χ2n) is 9.03. The number of fused-ring (bicyclic) bond motifs is 1. The second-order valence-corrected chi connectivity index (χ2v) is 9.03. The summed E-state index contributed by atoms with van der Waals surface area (Å²) < 4.78 is 38.4. The quantitative estimate of drug-likeness (QED) is 0.351. The topological polar surface area (TPSA) is 87.4 Å². The van der Waals surface area contributed by atoms with Crippen molar-refractivity contribution in [3.8, 4) is 11.3 Å². The molecule has 3 aromatic carbocycles. The Kier molecular flexibility index (Phi) is 6.32. The molecular weight excluding hydrogens is 481 g/mol. The van der Waals surface area contributed by atoms with Gasteiger partial charge >= 0.3 is 12.2 Å². The summed E-state index contributed by atoms with van der Waals surface area (Å²) >= 11 is 0. The highest BCUT2D eigenvalue weighted by Gasteiger charge is 2.31. The lowest BCUT2D eigenvalue weighted by atomic mass is 10.0. The number of hydrogen-bond donors (Lipinski definition) is 2. The maximum atomic E-state index is 12.8. The Balaban J connectivity index is 1.32. The zero-order valence-corrected chi connectivity index (χ0v) is 20.0. The van der Waals surface area contributed by atoms with E-state index < -0.39 is 11.7 Å². The molecule has 2 amide bonds. The third kappa shape index (κ3) is 5.00. The van der Waals surface area contributed by atoms with Crippen LogP contribution in [0.25, 0.3) is 22.0 Å². The number of nitrogens with two attached hydrogens (primary N) is 1. The average molecular weight is 507 g/mol. The number of hydrogen-bond acceptors (Lipinski definition) is 5. The first kappa shape index (κ1) is 24.4. The number of benzene rings is 3. The largest absolute Gasteiger partial charge is 0.416 e. The van der Waals surface area contributed by atoms with Crippen LogP contribution in [-0.2, 0) is 6.18 Å². The van der Waals surface area contributed by atoms with Crippen LogP contribution >= 0.6 is 0 Å². The molecular formula is C27H25F3N6O. The van der Waals surface area contributed by atoms with E-state index >= 15 is 0 Å². The van der Waals surface area contributed by atoms with Gasteiger partial charge in [-0.05, 0) is 43.3 Å². The van der Waals surface area contributed by atoms with Crippen molar-refractivity contribution in [2.45, 2.75) is 19.1 Å². The Labute approximate surface area is 211 Å². The molecule has 1 fully saturated rings. The van der Waals surface area contributed by atoms with E-state index in [0.29, 0.717) is 31.0 Å². The number of rotatable bonds is 3. The third-order valence-electron chi connectivity index (χ3n) is 6.50. The molecule has 1 saturated heterocycles. The number of nitrogens with zero attached hydrogens (tertiary/aromatic N) is 4. The summed E-state index contributed by atoms with van der Waals surface area (Å²) in [7, 11) is 0. The Morgan fingerprint density at radius 2 is 1.62 bits per heavy atom. The highest BCUT2D eigenvalue weighted by Crippen LogP contribution is 2.33. The molecule has 0 saturated carbocycles. The Morgan fingerprint density at radius 1 is 0.946 bits per heavy atom. The van der Waals surface area contributed by atoms with Crippen LogP contribution in [0.1, 0.15) is 12.5 Å². The first-order valence-corrected chi connectivity index (χ1v) is 11.8. The number of anilines is 3. The molecule has 7 nitrogen and oxygen atoms in total. The average Bonchev–Trinajstić information content (AvgIpc) is 2.88. The summed E-state index contributed by atoms with van der Waals surface area (Å²) in [6.45, 7) is 3.37. The van der Waals surface area contributed by atoms with Crippen molar-refractivity contribution >= 4 is 34.0 Å². The number of aromatic nitrogens is 2. The molecule has 0 radical (unpaired) electrons. The molecule has 1 aliphatic rings. The maximum Gasteiger partial charge on any atom is 0.416 e. The van der Waals surface area contributed by atoms with E-state index in [9.17, 15) is 18.0 Å².